The number of carbonyl (C=O) groups is 2. The molecule has 1 unspecified atom stereocenters. The van der Waals surface area contributed by atoms with E-state index in [4.69, 9.17) is 16.3 Å². The van der Waals surface area contributed by atoms with E-state index in [-0.39, 0.29) is 17.7 Å². The van der Waals surface area contributed by atoms with Crippen molar-refractivity contribution in [1.82, 2.24) is 10.2 Å². The SMILES string of the molecule is COCCCN1CC(C(=O)NCCc2ccc(Cl)cc2)CC1=O. The fourth-order valence-corrected chi connectivity index (χ4v) is 2.82. The third-order valence-electron chi connectivity index (χ3n) is 3.99. The first-order chi connectivity index (χ1) is 11.1. The molecule has 1 aromatic rings. The van der Waals surface area contributed by atoms with Gasteiger partial charge in [-0.3, -0.25) is 9.59 Å². The molecule has 0 aliphatic carbocycles. The normalized spacial score (nSPS) is 17.6. The standard InChI is InChI=1S/C17H23ClN2O3/c1-23-10-2-9-20-12-14(11-16(20)21)17(22)19-8-7-13-3-5-15(18)6-4-13/h3-6,14H,2,7-12H2,1H3,(H,19,22). The van der Waals surface area contributed by atoms with Crippen molar-refractivity contribution in [3.05, 3.63) is 34.9 Å². The van der Waals surface area contributed by atoms with Crippen molar-refractivity contribution >= 4 is 23.4 Å². The Kier molecular flexibility index (Phi) is 6.86. The number of amides is 2. The molecule has 1 atom stereocenters. The Labute approximate surface area is 141 Å². The molecule has 1 fully saturated rings. The van der Waals surface area contributed by atoms with Crippen LogP contribution in [0, 0.1) is 5.92 Å². The van der Waals surface area contributed by atoms with Gasteiger partial charge < -0.3 is 15.0 Å². The summed E-state index contributed by atoms with van der Waals surface area (Å²) in [7, 11) is 1.64. The molecule has 0 aromatic heterocycles. The van der Waals surface area contributed by atoms with Gasteiger partial charge in [0.1, 0.15) is 0 Å². The zero-order valence-corrected chi connectivity index (χ0v) is 14.1. The van der Waals surface area contributed by atoms with Gasteiger partial charge in [0.25, 0.3) is 0 Å². The molecule has 1 aromatic carbocycles. The van der Waals surface area contributed by atoms with Gasteiger partial charge in [0.2, 0.25) is 11.8 Å². The van der Waals surface area contributed by atoms with E-state index in [1.165, 1.54) is 0 Å². The van der Waals surface area contributed by atoms with Crippen LogP contribution in [0.25, 0.3) is 0 Å². The van der Waals surface area contributed by atoms with E-state index in [9.17, 15) is 9.59 Å². The van der Waals surface area contributed by atoms with Crippen molar-refractivity contribution in [3.63, 3.8) is 0 Å². The number of nitrogens with one attached hydrogen (secondary N) is 1. The molecule has 0 bridgehead atoms. The number of likely N-dealkylation sites (tertiary alicyclic amines) is 1. The molecular formula is C17H23ClN2O3. The summed E-state index contributed by atoms with van der Waals surface area (Å²) in [6.07, 6.45) is 1.86. The summed E-state index contributed by atoms with van der Waals surface area (Å²) < 4.78 is 4.99. The largest absolute Gasteiger partial charge is 0.385 e. The Hall–Kier alpha value is -1.59. The van der Waals surface area contributed by atoms with Gasteiger partial charge in [0.15, 0.2) is 0 Å². The number of ether oxygens (including phenoxy) is 1. The molecule has 1 heterocycles. The monoisotopic (exact) mass is 338 g/mol. The minimum absolute atomic E-state index is 0.0402. The highest BCUT2D eigenvalue weighted by Gasteiger charge is 2.33. The molecule has 1 aliphatic heterocycles. The van der Waals surface area contributed by atoms with Gasteiger partial charge in [0.05, 0.1) is 5.92 Å². The third kappa shape index (κ3) is 5.52. The van der Waals surface area contributed by atoms with Gasteiger partial charge in [0, 0.05) is 44.8 Å². The van der Waals surface area contributed by atoms with Gasteiger partial charge in [-0.1, -0.05) is 23.7 Å². The Morgan fingerprint density at radius 1 is 1.39 bits per heavy atom. The minimum atomic E-state index is -0.240. The van der Waals surface area contributed by atoms with Crippen LogP contribution in [0.15, 0.2) is 24.3 Å². The van der Waals surface area contributed by atoms with Crippen molar-refractivity contribution in [2.45, 2.75) is 19.3 Å². The first kappa shape index (κ1) is 17.8. The second-order valence-corrected chi connectivity index (χ2v) is 6.19. The van der Waals surface area contributed by atoms with Gasteiger partial charge in [-0.25, -0.2) is 0 Å². The highest BCUT2D eigenvalue weighted by molar-refractivity contribution is 6.30. The fraction of sp³-hybridized carbons (Fsp3) is 0.529. The molecule has 126 valence electrons. The highest BCUT2D eigenvalue weighted by Crippen LogP contribution is 2.18. The van der Waals surface area contributed by atoms with Crippen molar-refractivity contribution in [2.24, 2.45) is 5.92 Å². The molecule has 23 heavy (non-hydrogen) atoms. The molecule has 6 heteroatoms. The van der Waals surface area contributed by atoms with Crippen LogP contribution >= 0.6 is 11.6 Å². The maximum absolute atomic E-state index is 12.2. The van der Waals surface area contributed by atoms with Crippen molar-refractivity contribution in [2.75, 3.05) is 33.4 Å². The van der Waals surface area contributed by atoms with Crippen LogP contribution in [0.1, 0.15) is 18.4 Å². The summed E-state index contributed by atoms with van der Waals surface area (Å²) in [5, 5.41) is 3.63. The number of halogens is 1. The summed E-state index contributed by atoms with van der Waals surface area (Å²) in [4.78, 5) is 25.8. The maximum atomic E-state index is 12.2. The van der Waals surface area contributed by atoms with Crippen molar-refractivity contribution in [3.8, 4) is 0 Å². The van der Waals surface area contributed by atoms with Crippen LogP contribution in [0.3, 0.4) is 0 Å². The number of hydrogen-bond donors (Lipinski definition) is 1. The number of carbonyl (C=O) groups excluding carboxylic acids is 2. The lowest BCUT2D eigenvalue weighted by atomic mass is 10.1. The molecule has 2 rings (SSSR count). The smallest absolute Gasteiger partial charge is 0.225 e. The Balaban J connectivity index is 1.71. The Bertz CT molecular complexity index is 533. The minimum Gasteiger partial charge on any atom is -0.385 e. The average molecular weight is 339 g/mol. The van der Waals surface area contributed by atoms with E-state index in [0.717, 1.165) is 18.4 Å². The van der Waals surface area contributed by atoms with Gasteiger partial charge in [-0.15, -0.1) is 0 Å². The summed E-state index contributed by atoms with van der Waals surface area (Å²) >= 11 is 5.84. The quantitative estimate of drug-likeness (QED) is 0.736. The molecule has 0 spiro atoms. The van der Waals surface area contributed by atoms with E-state index in [1.54, 1.807) is 12.0 Å². The summed E-state index contributed by atoms with van der Waals surface area (Å²) in [5.74, 6) is -0.226. The third-order valence-corrected chi connectivity index (χ3v) is 4.24. The summed E-state index contributed by atoms with van der Waals surface area (Å²) in [5.41, 5.74) is 1.12. The topological polar surface area (TPSA) is 58.6 Å². The van der Waals surface area contributed by atoms with Gasteiger partial charge >= 0.3 is 0 Å². The van der Waals surface area contributed by atoms with E-state index in [0.29, 0.717) is 37.7 Å². The summed E-state index contributed by atoms with van der Waals surface area (Å²) in [6.45, 7) is 2.35. The van der Waals surface area contributed by atoms with Crippen LogP contribution in [-0.2, 0) is 20.7 Å². The van der Waals surface area contributed by atoms with Crippen LogP contribution < -0.4 is 5.32 Å². The zero-order chi connectivity index (χ0) is 16.7. The fourth-order valence-electron chi connectivity index (χ4n) is 2.69. The predicted octanol–water partition coefficient (Wildman–Crippen LogP) is 1.88. The first-order valence-corrected chi connectivity index (χ1v) is 8.27. The molecule has 0 radical (unpaired) electrons. The van der Waals surface area contributed by atoms with E-state index < -0.39 is 0 Å². The molecule has 2 amide bonds. The molecule has 5 nitrogen and oxygen atoms in total. The zero-order valence-electron chi connectivity index (χ0n) is 13.4. The van der Waals surface area contributed by atoms with Gasteiger partial charge in [-0.2, -0.15) is 0 Å². The lowest BCUT2D eigenvalue weighted by Gasteiger charge is -2.16. The lowest BCUT2D eigenvalue weighted by molar-refractivity contribution is -0.129. The van der Waals surface area contributed by atoms with E-state index in [1.807, 2.05) is 24.3 Å². The van der Waals surface area contributed by atoms with E-state index in [2.05, 4.69) is 5.32 Å². The maximum Gasteiger partial charge on any atom is 0.225 e. The van der Waals surface area contributed by atoms with Crippen molar-refractivity contribution < 1.29 is 14.3 Å². The second-order valence-electron chi connectivity index (χ2n) is 5.75. The molecule has 1 saturated heterocycles. The lowest BCUT2D eigenvalue weighted by Crippen LogP contribution is -2.34. The Morgan fingerprint density at radius 3 is 2.83 bits per heavy atom. The second kappa shape index (κ2) is 8.89. The number of methoxy groups -OCH3 is 1. The average Bonchev–Trinajstić information content (AvgIpc) is 2.91. The predicted molar refractivity (Wildman–Crippen MR) is 89.3 cm³/mol. The number of nitrogens with zero attached hydrogens (tertiary/aromatic N) is 1. The molecule has 1 aliphatic rings. The van der Waals surface area contributed by atoms with Crippen LogP contribution in [0.2, 0.25) is 5.02 Å². The van der Waals surface area contributed by atoms with Crippen molar-refractivity contribution in [1.29, 1.82) is 0 Å². The number of benzene rings is 1. The Morgan fingerprint density at radius 2 is 2.13 bits per heavy atom. The number of hydrogen-bond acceptors (Lipinski definition) is 3. The van der Waals surface area contributed by atoms with Crippen LogP contribution in [-0.4, -0.2) is 50.1 Å². The molecule has 0 saturated carbocycles. The first-order valence-electron chi connectivity index (χ1n) is 7.89. The summed E-state index contributed by atoms with van der Waals surface area (Å²) in [6, 6.07) is 7.58. The van der Waals surface area contributed by atoms with Crippen LogP contribution in [0.4, 0.5) is 0 Å². The van der Waals surface area contributed by atoms with Crippen LogP contribution in [0.5, 0.6) is 0 Å². The number of rotatable bonds is 8. The van der Waals surface area contributed by atoms with Gasteiger partial charge in [-0.05, 0) is 30.5 Å². The molecule has 1 N–H and O–H groups in total. The molecular weight excluding hydrogens is 316 g/mol. The van der Waals surface area contributed by atoms with E-state index >= 15 is 0 Å². The highest BCUT2D eigenvalue weighted by atomic mass is 35.5.